The van der Waals surface area contributed by atoms with Gasteiger partial charge in [-0.25, -0.2) is 4.98 Å². The molecule has 1 unspecified atom stereocenters. The van der Waals surface area contributed by atoms with Gasteiger partial charge in [0, 0.05) is 18.8 Å². The molecule has 21 heavy (non-hydrogen) atoms. The molecule has 0 bridgehead atoms. The Morgan fingerprint density at radius 3 is 2.95 bits per heavy atom. The summed E-state index contributed by atoms with van der Waals surface area (Å²) >= 11 is 6.38. The summed E-state index contributed by atoms with van der Waals surface area (Å²) in [7, 11) is 0. The molecule has 1 N–H and O–H groups in total. The number of aromatic nitrogens is 2. The fourth-order valence-corrected chi connectivity index (χ4v) is 3.53. The third kappa shape index (κ3) is 1.84. The minimum absolute atomic E-state index is 0.282. The summed E-state index contributed by atoms with van der Waals surface area (Å²) in [5.41, 5.74) is 4.55. The van der Waals surface area contributed by atoms with Crippen LogP contribution in [0.5, 0.6) is 0 Å². The molecule has 4 rings (SSSR count). The Morgan fingerprint density at radius 1 is 1.24 bits per heavy atom. The Balaban J connectivity index is 1.94. The number of rotatable bonds is 2. The summed E-state index contributed by atoms with van der Waals surface area (Å²) < 4.78 is 2.24. The molecule has 0 spiro atoms. The Morgan fingerprint density at radius 2 is 2.10 bits per heavy atom. The highest BCUT2D eigenvalue weighted by Gasteiger charge is 2.28. The first-order chi connectivity index (χ1) is 10.3. The monoisotopic (exact) mass is 297 g/mol. The van der Waals surface area contributed by atoms with Gasteiger partial charge >= 0.3 is 0 Å². The molecule has 0 amide bonds. The number of imidazole rings is 1. The van der Waals surface area contributed by atoms with Crippen molar-refractivity contribution in [2.45, 2.75) is 19.4 Å². The summed E-state index contributed by atoms with van der Waals surface area (Å²) in [4.78, 5) is 4.86. The van der Waals surface area contributed by atoms with E-state index in [1.807, 2.05) is 18.2 Å². The van der Waals surface area contributed by atoms with E-state index in [0.29, 0.717) is 0 Å². The van der Waals surface area contributed by atoms with Crippen LogP contribution in [0.1, 0.15) is 24.2 Å². The molecule has 0 saturated carbocycles. The summed E-state index contributed by atoms with van der Waals surface area (Å²) in [6.45, 7) is 3.90. The Labute approximate surface area is 128 Å². The van der Waals surface area contributed by atoms with Crippen LogP contribution in [0.15, 0.2) is 42.5 Å². The predicted molar refractivity (Wildman–Crippen MR) is 87.2 cm³/mol. The van der Waals surface area contributed by atoms with Crippen LogP contribution in [0.3, 0.4) is 0 Å². The molecule has 106 valence electrons. The largest absolute Gasteiger partial charge is 0.384 e. The van der Waals surface area contributed by atoms with Crippen molar-refractivity contribution in [2.24, 2.45) is 0 Å². The number of hydrogen-bond donors (Lipinski definition) is 1. The van der Waals surface area contributed by atoms with Crippen molar-refractivity contribution in [3.63, 3.8) is 0 Å². The molecule has 3 nitrogen and oxygen atoms in total. The van der Waals surface area contributed by atoms with E-state index in [4.69, 9.17) is 16.6 Å². The van der Waals surface area contributed by atoms with Gasteiger partial charge in [0.1, 0.15) is 5.82 Å². The lowest BCUT2D eigenvalue weighted by atomic mass is 10.0. The molecule has 0 aliphatic carbocycles. The molecule has 1 aliphatic heterocycles. The van der Waals surface area contributed by atoms with Gasteiger partial charge in [-0.15, -0.1) is 0 Å². The molecule has 2 heterocycles. The van der Waals surface area contributed by atoms with Gasteiger partial charge in [-0.3, -0.25) is 0 Å². The van der Waals surface area contributed by atoms with Gasteiger partial charge < -0.3 is 9.88 Å². The quantitative estimate of drug-likeness (QED) is 0.765. The molecule has 0 saturated heterocycles. The first-order valence-corrected chi connectivity index (χ1v) is 7.65. The lowest BCUT2D eigenvalue weighted by Gasteiger charge is -2.12. The van der Waals surface area contributed by atoms with Gasteiger partial charge in [-0.05, 0) is 30.7 Å². The smallest absolute Gasteiger partial charge is 0.119 e. The van der Waals surface area contributed by atoms with Crippen molar-refractivity contribution >= 4 is 28.3 Å². The van der Waals surface area contributed by atoms with E-state index in [-0.39, 0.29) is 5.92 Å². The SMILES string of the molecule is CCn1c(C2CNc3ccccc32)nc2cccc(Cl)c21. The predicted octanol–water partition coefficient (Wildman–Crippen LogP) is 4.27. The van der Waals surface area contributed by atoms with Crippen LogP contribution in [0.2, 0.25) is 5.02 Å². The number of nitrogens with one attached hydrogen (secondary N) is 1. The highest BCUT2D eigenvalue weighted by molar-refractivity contribution is 6.35. The number of para-hydroxylation sites is 2. The maximum atomic E-state index is 6.38. The van der Waals surface area contributed by atoms with Crippen LogP contribution >= 0.6 is 11.6 Å². The zero-order chi connectivity index (χ0) is 14.4. The Hall–Kier alpha value is -2.00. The highest BCUT2D eigenvalue weighted by Crippen LogP contribution is 2.37. The summed E-state index contributed by atoms with van der Waals surface area (Å²) in [5.74, 6) is 1.38. The van der Waals surface area contributed by atoms with Crippen LogP contribution < -0.4 is 5.32 Å². The second-order valence-electron chi connectivity index (χ2n) is 5.34. The average molecular weight is 298 g/mol. The third-order valence-corrected chi connectivity index (χ3v) is 4.51. The molecule has 1 aromatic heterocycles. The molecule has 2 aromatic carbocycles. The second-order valence-corrected chi connectivity index (χ2v) is 5.75. The van der Waals surface area contributed by atoms with Crippen molar-refractivity contribution in [1.82, 2.24) is 9.55 Å². The summed E-state index contributed by atoms with van der Waals surface area (Å²) in [6, 6.07) is 14.4. The number of aryl methyl sites for hydroxylation is 1. The van der Waals surface area contributed by atoms with Crippen molar-refractivity contribution < 1.29 is 0 Å². The maximum Gasteiger partial charge on any atom is 0.119 e. The van der Waals surface area contributed by atoms with Crippen molar-refractivity contribution in [3.8, 4) is 0 Å². The molecule has 3 aromatic rings. The van der Waals surface area contributed by atoms with E-state index in [1.54, 1.807) is 0 Å². The van der Waals surface area contributed by atoms with Crippen LogP contribution in [0, 0.1) is 0 Å². The maximum absolute atomic E-state index is 6.38. The van der Waals surface area contributed by atoms with E-state index in [1.165, 1.54) is 11.3 Å². The van der Waals surface area contributed by atoms with Crippen LogP contribution in [0.25, 0.3) is 11.0 Å². The van der Waals surface area contributed by atoms with Gasteiger partial charge in [0.05, 0.1) is 22.0 Å². The third-order valence-electron chi connectivity index (χ3n) is 4.21. The summed E-state index contributed by atoms with van der Waals surface area (Å²) in [5, 5.41) is 4.24. The topological polar surface area (TPSA) is 29.9 Å². The van der Waals surface area contributed by atoms with Gasteiger partial charge in [-0.2, -0.15) is 0 Å². The van der Waals surface area contributed by atoms with E-state index in [9.17, 15) is 0 Å². The van der Waals surface area contributed by atoms with Gasteiger partial charge in [0.2, 0.25) is 0 Å². The Bertz CT molecular complexity index is 822. The zero-order valence-corrected chi connectivity index (χ0v) is 12.6. The zero-order valence-electron chi connectivity index (χ0n) is 11.8. The average Bonchev–Trinajstić information content (AvgIpc) is 3.08. The van der Waals surface area contributed by atoms with Crippen LogP contribution in [-0.2, 0) is 6.54 Å². The first-order valence-electron chi connectivity index (χ1n) is 7.27. The normalized spacial score (nSPS) is 17.0. The molecule has 1 atom stereocenters. The van der Waals surface area contributed by atoms with Crippen LogP contribution in [0.4, 0.5) is 5.69 Å². The van der Waals surface area contributed by atoms with E-state index < -0.39 is 0 Å². The number of fused-ring (bicyclic) bond motifs is 2. The molecule has 1 aliphatic rings. The molecular weight excluding hydrogens is 282 g/mol. The van der Waals surface area contributed by atoms with E-state index in [2.05, 4.69) is 41.1 Å². The summed E-state index contributed by atoms with van der Waals surface area (Å²) in [6.07, 6.45) is 0. The number of benzene rings is 2. The standard InChI is InChI=1S/C17H16ClN3/c1-2-21-16-13(18)7-5-9-15(16)20-17(21)12-10-19-14-8-4-3-6-11(12)14/h3-9,12,19H,2,10H2,1H3. The molecule has 0 radical (unpaired) electrons. The number of anilines is 1. The lowest BCUT2D eigenvalue weighted by Crippen LogP contribution is -2.11. The molecule has 4 heteroatoms. The molecule has 0 fully saturated rings. The van der Waals surface area contributed by atoms with Gasteiger partial charge in [0.15, 0.2) is 0 Å². The van der Waals surface area contributed by atoms with Crippen LogP contribution in [-0.4, -0.2) is 16.1 Å². The van der Waals surface area contributed by atoms with Gasteiger partial charge in [0.25, 0.3) is 0 Å². The Kier molecular flexibility index (Phi) is 2.89. The van der Waals surface area contributed by atoms with Gasteiger partial charge in [-0.1, -0.05) is 35.9 Å². The van der Waals surface area contributed by atoms with E-state index >= 15 is 0 Å². The minimum Gasteiger partial charge on any atom is -0.384 e. The minimum atomic E-state index is 0.282. The number of hydrogen-bond acceptors (Lipinski definition) is 2. The fraction of sp³-hybridized carbons (Fsp3) is 0.235. The highest BCUT2D eigenvalue weighted by atomic mass is 35.5. The fourth-order valence-electron chi connectivity index (χ4n) is 3.26. The van der Waals surface area contributed by atoms with Crippen molar-refractivity contribution in [3.05, 3.63) is 58.9 Å². The van der Waals surface area contributed by atoms with Crippen molar-refractivity contribution in [1.29, 1.82) is 0 Å². The molecular formula is C17H16ClN3. The number of nitrogens with zero attached hydrogens (tertiary/aromatic N) is 2. The lowest BCUT2D eigenvalue weighted by molar-refractivity contribution is 0.683. The van der Waals surface area contributed by atoms with Crippen molar-refractivity contribution in [2.75, 3.05) is 11.9 Å². The van der Waals surface area contributed by atoms with E-state index in [0.717, 1.165) is 35.0 Å². The first kappa shape index (κ1) is 12.7. The number of halogens is 1. The second kappa shape index (κ2) is 4.78.